The highest BCUT2D eigenvalue weighted by atomic mass is 32.1. The smallest absolute Gasteiger partial charge is 0.142 e. The van der Waals surface area contributed by atoms with E-state index in [1.54, 1.807) is 11.3 Å². The van der Waals surface area contributed by atoms with Crippen LogP contribution in [0.15, 0.2) is 17.6 Å². The molecule has 0 spiro atoms. The molecule has 0 unspecified atom stereocenters. The van der Waals surface area contributed by atoms with Crippen molar-refractivity contribution in [2.75, 3.05) is 0 Å². The number of rotatable bonds is 1. The molecule has 0 saturated heterocycles. The topological polar surface area (TPSA) is 51.8 Å². The normalized spacial score (nSPS) is 10.6. The third-order valence-corrected chi connectivity index (χ3v) is 2.28. The second-order valence-electron chi connectivity index (χ2n) is 2.16. The molecule has 0 radical (unpaired) electrons. The van der Waals surface area contributed by atoms with Crippen LogP contribution < -0.4 is 5.73 Å². The lowest BCUT2D eigenvalue weighted by molar-refractivity contribution is 0.928. The number of hydrogen-bond acceptors (Lipinski definition) is 4. The van der Waals surface area contributed by atoms with Gasteiger partial charge in [0.25, 0.3) is 0 Å². The lowest BCUT2D eigenvalue weighted by Gasteiger charge is -1.92. The Morgan fingerprint density at radius 3 is 3.27 bits per heavy atom. The Bertz CT molecular complexity index is 368. The zero-order valence-electron chi connectivity index (χ0n) is 5.82. The molecule has 0 aromatic carbocycles. The van der Waals surface area contributed by atoms with Crippen LogP contribution in [-0.2, 0) is 6.54 Å². The number of thiophene rings is 1. The lowest BCUT2D eigenvalue weighted by Crippen LogP contribution is -2.01. The third-order valence-electron chi connectivity index (χ3n) is 1.44. The molecule has 3 nitrogen and oxygen atoms in total. The summed E-state index contributed by atoms with van der Waals surface area (Å²) < 4.78 is 1.11. The lowest BCUT2D eigenvalue weighted by atomic mass is 10.4. The summed E-state index contributed by atoms with van der Waals surface area (Å²) in [5, 5.41) is 2.00. The highest BCUT2D eigenvalue weighted by molar-refractivity contribution is 7.17. The Balaban J connectivity index is 2.67. The van der Waals surface area contributed by atoms with Gasteiger partial charge in [0.15, 0.2) is 0 Å². The molecule has 0 aliphatic heterocycles. The van der Waals surface area contributed by atoms with Crippen LogP contribution in [0.1, 0.15) is 5.82 Å². The van der Waals surface area contributed by atoms with E-state index in [4.69, 9.17) is 5.73 Å². The third kappa shape index (κ3) is 1.10. The Morgan fingerprint density at radius 2 is 2.45 bits per heavy atom. The summed E-state index contributed by atoms with van der Waals surface area (Å²) in [6.07, 6.45) is 1.81. The van der Waals surface area contributed by atoms with Gasteiger partial charge in [0.1, 0.15) is 5.82 Å². The van der Waals surface area contributed by atoms with Gasteiger partial charge in [0.2, 0.25) is 0 Å². The van der Waals surface area contributed by atoms with Gasteiger partial charge in [-0.3, -0.25) is 0 Å². The van der Waals surface area contributed by atoms with E-state index < -0.39 is 0 Å². The minimum atomic E-state index is 0.409. The van der Waals surface area contributed by atoms with Crippen LogP contribution in [0.4, 0.5) is 0 Å². The van der Waals surface area contributed by atoms with Crippen LogP contribution in [0.3, 0.4) is 0 Å². The zero-order valence-corrected chi connectivity index (χ0v) is 6.64. The van der Waals surface area contributed by atoms with Crippen LogP contribution in [0, 0.1) is 0 Å². The molecule has 2 aromatic heterocycles. The Hall–Kier alpha value is -1.00. The van der Waals surface area contributed by atoms with Gasteiger partial charge in [0, 0.05) is 6.20 Å². The molecule has 0 saturated carbocycles. The molecular weight excluding hydrogens is 158 g/mol. The number of nitrogens with two attached hydrogens (primary N) is 1. The molecular formula is C7H7N3S. The van der Waals surface area contributed by atoms with Crippen LogP contribution >= 0.6 is 11.3 Å². The molecule has 0 bridgehead atoms. The van der Waals surface area contributed by atoms with Crippen molar-refractivity contribution in [3.05, 3.63) is 23.5 Å². The van der Waals surface area contributed by atoms with Crippen molar-refractivity contribution in [2.45, 2.75) is 6.54 Å². The summed E-state index contributed by atoms with van der Waals surface area (Å²) in [4.78, 5) is 8.30. The number of hydrogen-bond donors (Lipinski definition) is 1. The van der Waals surface area contributed by atoms with Crippen LogP contribution in [0.25, 0.3) is 10.2 Å². The molecule has 0 atom stereocenters. The predicted octanol–water partition coefficient (Wildman–Crippen LogP) is 1.15. The van der Waals surface area contributed by atoms with Gasteiger partial charge < -0.3 is 5.73 Å². The quantitative estimate of drug-likeness (QED) is 0.689. The van der Waals surface area contributed by atoms with Crippen molar-refractivity contribution in [1.29, 1.82) is 0 Å². The molecule has 0 aliphatic carbocycles. The Kier molecular flexibility index (Phi) is 1.56. The Labute approximate surface area is 67.9 Å². The monoisotopic (exact) mass is 165 g/mol. The first-order valence-electron chi connectivity index (χ1n) is 3.29. The maximum atomic E-state index is 5.39. The van der Waals surface area contributed by atoms with Crippen LogP contribution in [-0.4, -0.2) is 9.97 Å². The summed E-state index contributed by atoms with van der Waals surface area (Å²) >= 11 is 1.64. The molecule has 2 heterocycles. The van der Waals surface area contributed by atoms with Crippen molar-refractivity contribution in [3.8, 4) is 0 Å². The van der Waals surface area contributed by atoms with Crippen molar-refractivity contribution in [1.82, 2.24) is 9.97 Å². The fraction of sp³-hybridized carbons (Fsp3) is 0.143. The molecule has 4 heteroatoms. The Morgan fingerprint density at radius 1 is 1.55 bits per heavy atom. The van der Waals surface area contributed by atoms with Crippen LogP contribution in [0.5, 0.6) is 0 Å². The van der Waals surface area contributed by atoms with Gasteiger partial charge in [-0.25, -0.2) is 9.97 Å². The summed E-state index contributed by atoms with van der Waals surface area (Å²) in [7, 11) is 0. The molecule has 0 amide bonds. The summed E-state index contributed by atoms with van der Waals surface area (Å²) in [6, 6.07) is 1.97. The van der Waals surface area contributed by atoms with Crippen molar-refractivity contribution in [2.24, 2.45) is 5.73 Å². The van der Waals surface area contributed by atoms with E-state index in [2.05, 4.69) is 9.97 Å². The molecule has 2 rings (SSSR count). The highest BCUT2D eigenvalue weighted by Gasteiger charge is 1.97. The maximum absolute atomic E-state index is 5.39. The fourth-order valence-corrected chi connectivity index (χ4v) is 1.59. The first kappa shape index (κ1) is 6.69. The van der Waals surface area contributed by atoms with Gasteiger partial charge >= 0.3 is 0 Å². The second-order valence-corrected chi connectivity index (χ2v) is 3.11. The molecule has 11 heavy (non-hydrogen) atoms. The van der Waals surface area contributed by atoms with Crippen molar-refractivity contribution in [3.63, 3.8) is 0 Å². The summed E-state index contributed by atoms with van der Waals surface area (Å²) in [5.41, 5.74) is 6.38. The average Bonchev–Trinajstić information content (AvgIpc) is 2.50. The molecule has 2 aromatic rings. The van der Waals surface area contributed by atoms with Gasteiger partial charge in [-0.1, -0.05) is 0 Å². The van der Waals surface area contributed by atoms with Crippen molar-refractivity contribution < 1.29 is 0 Å². The standard InChI is InChI=1S/C7H7N3S/c8-3-7-9-4-6-5(10-7)1-2-11-6/h1-2,4H,3,8H2. The van der Waals surface area contributed by atoms with E-state index in [0.717, 1.165) is 10.2 Å². The van der Waals surface area contributed by atoms with E-state index in [0.29, 0.717) is 12.4 Å². The van der Waals surface area contributed by atoms with E-state index in [1.165, 1.54) is 0 Å². The first-order chi connectivity index (χ1) is 5.40. The maximum Gasteiger partial charge on any atom is 0.142 e. The summed E-state index contributed by atoms with van der Waals surface area (Å²) in [5.74, 6) is 0.705. The first-order valence-corrected chi connectivity index (χ1v) is 4.17. The fourth-order valence-electron chi connectivity index (χ4n) is 0.903. The SMILES string of the molecule is NCc1ncc2sccc2n1. The van der Waals surface area contributed by atoms with E-state index in [9.17, 15) is 0 Å². The van der Waals surface area contributed by atoms with Gasteiger partial charge in [-0.2, -0.15) is 0 Å². The predicted molar refractivity (Wildman–Crippen MR) is 45.3 cm³/mol. The van der Waals surface area contributed by atoms with E-state index >= 15 is 0 Å². The minimum absolute atomic E-state index is 0.409. The second kappa shape index (κ2) is 2.56. The molecule has 0 aliphatic rings. The molecule has 2 N–H and O–H groups in total. The van der Waals surface area contributed by atoms with Crippen molar-refractivity contribution >= 4 is 21.6 Å². The van der Waals surface area contributed by atoms with Gasteiger partial charge in [-0.15, -0.1) is 11.3 Å². The van der Waals surface area contributed by atoms with E-state index in [-0.39, 0.29) is 0 Å². The largest absolute Gasteiger partial charge is 0.324 e. The summed E-state index contributed by atoms with van der Waals surface area (Å²) in [6.45, 7) is 0.409. The number of nitrogens with zero attached hydrogens (tertiary/aromatic N) is 2. The number of fused-ring (bicyclic) bond motifs is 1. The average molecular weight is 165 g/mol. The number of aromatic nitrogens is 2. The van der Waals surface area contributed by atoms with Gasteiger partial charge in [0.05, 0.1) is 16.8 Å². The minimum Gasteiger partial charge on any atom is -0.324 e. The van der Waals surface area contributed by atoms with E-state index in [1.807, 2.05) is 17.6 Å². The van der Waals surface area contributed by atoms with Gasteiger partial charge in [-0.05, 0) is 11.4 Å². The molecule has 56 valence electrons. The molecule has 0 fully saturated rings. The van der Waals surface area contributed by atoms with Crippen LogP contribution in [0.2, 0.25) is 0 Å². The zero-order chi connectivity index (χ0) is 7.68. The highest BCUT2D eigenvalue weighted by Crippen LogP contribution is 2.16.